The van der Waals surface area contributed by atoms with Gasteiger partial charge in [0, 0.05) is 17.1 Å². The van der Waals surface area contributed by atoms with Crippen LogP contribution in [0.4, 0.5) is 5.69 Å². The fourth-order valence-corrected chi connectivity index (χ4v) is 2.43. The van der Waals surface area contributed by atoms with Crippen molar-refractivity contribution in [2.45, 2.75) is 31.9 Å². The van der Waals surface area contributed by atoms with Gasteiger partial charge in [-0.2, -0.15) is 0 Å². The van der Waals surface area contributed by atoms with E-state index in [9.17, 15) is 14.9 Å². The number of hydrogen-bond donors (Lipinski definition) is 2. The van der Waals surface area contributed by atoms with Crippen LogP contribution >= 0.6 is 24.0 Å². The molecule has 2 rings (SSSR count). The molecule has 7 nitrogen and oxygen atoms in total. The maximum absolute atomic E-state index is 12.1. The van der Waals surface area contributed by atoms with Crippen molar-refractivity contribution >= 4 is 35.6 Å². The van der Waals surface area contributed by atoms with Crippen molar-refractivity contribution in [3.05, 3.63) is 33.3 Å². The van der Waals surface area contributed by atoms with Crippen LogP contribution in [0.25, 0.3) is 0 Å². The van der Waals surface area contributed by atoms with E-state index in [1.807, 2.05) is 0 Å². The van der Waals surface area contributed by atoms with Crippen molar-refractivity contribution in [2.75, 3.05) is 13.1 Å². The van der Waals surface area contributed by atoms with E-state index in [-0.39, 0.29) is 40.8 Å². The van der Waals surface area contributed by atoms with Crippen LogP contribution in [0.3, 0.4) is 0 Å². The lowest BCUT2D eigenvalue weighted by atomic mass is 10.1. The highest BCUT2D eigenvalue weighted by atomic mass is 35.5. The monoisotopic (exact) mass is 363 g/mol. The second-order valence-corrected chi connectivity index (χ2v) is 5.60. The van der Waals surface area contributed by atoms with E-state index in [1.54, 1.807) is 6.92 Å². The van der Waals surface area contributed by atoms with Crippen molar-refractivity contribution in [1.29, 1.82) is 0 Å². The Balaban J connectivity index is 0.00000264. The molecule has 0 bridgehead atoms. The predicted octanol–water partition coefficient (Wildman–Crippen LogP) is 2.31. The van der Waals surface area contributed by atoms with Gasteiger partial charge in [0.1, 0.15) is 0 Å². The SMILES string of the molecule is CC(Oc1ccc(Cl)cc1[N+](=O)[O-])C(=O)NC1CCNCC1.Cl. The van der Waals surface area contributed by atoms with Crippen LogP contribution in [-0.2, 0) is 4.79 Å². The molecule has 1 aliphatic rings. The summed E-state index contributed by atoms with van der Waals surface area (Å²) in [4.78, 5) is 22.5. The third kappa shape index (κ3) is 5.53. The number of hydrogen-bond acceptors (Lipinski definition) is 5. The number of nitrogens with one attached hydrogen (secondary N) is 2. The number of piperidine rings is 1. The molecule has 2 N–H and O–H groups in total. The van der Waals surface area contributed by atoms with Crippen LogP contribution in [0.15, 0.2) is 18.2 Å². The van der Waals surface area contributed by atoms with Gasteiger partial charge in [0.25, 0.3) is 5.91 Å². The molecule has 1 amide bonds. The number of rotatable bonds is 5. The minimum absolute atomic E-state index is 0. The lowest BCUT2D eigenvalue weighted by Gasteiger charge is -2.25. The number of amides is 1. The Labute approximate surface area is 145 Å². The van der Waals surface area contributed by atoms with Gasteiger partial charge in [0.05, 0.1) is 4.92 Å². The topological polar surface area (TPSA) is 93.5 Å². The fourth-order valence-electron chi connectivity index (χ4n) is 2.26. The summed E-state index contributed by atoms with van der Waals surface area (Å²) in [5, 5.41) is 17.4. The summed E-state index contributed by atoms with van der Waals surface area (Å²) < 4.78 is 5.44. The molecule has 0 radical (unpaired) electrons. The molecule has 1 atom stereocenters. The van der Waals surface area contributed by atoms with Gasteiger partial charge < -0.3 is 15.4 Å². The predicted molar refractivity (Wildman–Crippen MR) is 89.5 cm³/mol. The minimum Gasteiger partial charge on any atom is -0.474 e. The molecule has 1 heterocycles. The van der Waals surface area contributed by atoms with Crippen molar-refractivity contribution < 1.29 is 14.5 Å². The van der Waals surface area contributed by atoms with E-state index in [2.05, 4.69) is 10.6 Å². The molecule has 1 unspecified atom stereocenters. The highest BCUT2D eigenvalue weighted by molar-refractivity contribution is 6.30. The fraction of sp³-hybridized carbons (Fsp3) is 0.500. The number of benzene rings is 1. The number of nitro groups is 1. The first-order valence-electron chi connectivity index (χ1n) is 7.09. The molecule has 9 heteroatoms. The van der Waals surface area contributed by atoms with Crippen molar-refractivity contribution in [1.82, 2.24) is 10.6 Å². The maximum atomic E-state index is 12.1. The number of halogens is 2. The number of ether oxygens (including phenoxy) is 1. The van der Waals surface area contributed by atoms with Gasteiger partial charge in [0.15, 0.2) is 11.9 Å². The Morgan fingerprint density at radius 2 is 2.13 bits per heavy atom. The van der Waals surface area contributed by atoms with Gasteiger partial charge >= 0.3 is 5.69 Å². The summed E-state index contributed by atoms with van der Waals surface area (Å²) in [6, 6.07) is 4.20. The van der Waals surface area contributed by atoms with Crippen LogP contribution in [0.1, 0.15) is 19.8 Å². The third-order valence-corrected chi connectivity index (χ3v) is 3.71. The first-order valence-corrected chi connectivity index (χ1v) is 7.47. The quantitative estimate of drug-likeness (QED) is 0.618. The zero-order chi connectivity index (χ0) is 16.1. The summed E-state index contributed by atoms with van der Waals surface area (Å²) in [6.45, 7) is 3.29. The van der Waals surface area contributed by atoms with Crippen molar-refractivity contribution in [3.63, 3.8) is 0 Å². The normalized spacial score (nSPS) is 16.1. The number of nitro benzene ring substituents is 1. The zero-order valence-electron chi connectivity index (χ0n) is 12.6. The average molecular weight is 364 g/mol. The van der Waals surface area contributed by atoms with Gasteiger partial charge in [-0.15, -0.1) is 12.4 Å². The first-order chi connectivity index (χ1) is 10.5. The Morgan fingerprint density at radius 1 is 1.48 bits per heavy atom. The smallest absolute Gasteiger partial charge is 0.312 e. The van der Waals surface area contributed by atoms with Crippen molar-refractivity contribution in [2.24, 2.45) is 0 Å². The number of nitrogens with zero attached hydrogens (tertiary/aromatic N) is 1. The van der Waals surface area contributed by atoms with Gasteiger partial charge in [-0.1, -0.05) is 11.6 Å². The molecule has 1 aromatic rings. The average Bonchev–Trinajstić information content (AvgIpc) is 2.49. The van der Waals surface area contributed by atoms with Crippen LogP contribution in [0.2, 0.25) is 5.02 Å². The highest BCUT2D eigenvalue weighted by Crippen LogP contribution is 2.30. The van der Waals surface area contributed by atoms with Crippen LogP contribution in [0, 0.1) is 10.1 Å². The van der Waals surface area contributed by atoms with Gasteiger partial charge in [-0.3, -0.25) is 14.9 Å². The molecule has 1 aliphatic heterocycles. The number of carbonyl (C=O) groups excluding carboxylic acids is 1. The van der Waals surface area contributed by atoms with E-state index in [4.69, 9.17) is 16.3 Å². The largest absolute Gasteiger partial charge is 0.474 e. The molecule has 1 aromatic carbocycles. The second-order valence-electron chi connectivity index (χ2n) is 5.16. The third-order valence-electron chi connectivity index (χ3n) is 3.48. The molecule has 0 aliphatic carbocycles. The molecular formula is C14H19Cl2N3O4. The summed E-state index contributed by atoms with van der Waals surface area (Å²) in [7, 11) is 0. The standard InChI is InChI=1S/C14H18ClN3O4.ClH/c1-9(14(19)17-11-4-6-16-7-5-11)22-13-3-2-10(15)8-12(13)18(20)21;/h2-3,8-9,11,16H,4-7H2,1H3,(H,17,19);1H. The summed E-state index contributed by atoms with van der Waals surface area (Å²) >= 11 is 5.74. The molecule has 23 heavy (non-hydrogen) atoms. The Kier molecular flexibility index (Phi) is 7.54. The molecular weight excluding hydrogens is 345 g/mol. The van der Waals surface area contributed by atoms with E-state index in [1.165, 1.54) is 18.2 Å². The zero-order valence-corrected chi connectivity index (χ0v) is 14.2. The Morgan fingerprint density at radius 3 is 2.74 bits per heavy atom. The second kappa shape index (κ2) is 8.90. The van der Waals surface area contributed by atoms with E-state index >= 15 is 0 Å². The number of carbonyl (C=O) groups is 1. The molecule has 128 valence electrons. The van der Waals surface area contributed by atoms with E-state index in [0.29, 0.717) is 0 Å². The highest BCUT2D eigenvalue weighted by Gasteiger charge is 2.24. The summed E-state index contributed by atoms with van der Waals surface area (Å²) in [5.41, 5.74) is -0.256. The molecule has 0 aromatic heterocycles. The van der Waals surface area contributed by atoms with Gasteiger partial charge in [-0.25, -0.2) is 0 Å². The Bertz CT molecular complexity index is 565. The van der Waals surface area contributed by atoms with Gasteiger partial charge in [-0.05, 0) is 45.0 Å². The molecule has 1 saturated heterocycles. The summed E-state index contributed by atoms with van der Waals surface area (Å²) in [6.07, 6.45) is 0.897. The maximum Gasteiger partial charge on any atom is 0.312 e. The van der Waals surface area contributed by atoms with E-state index < -0.39 is 11.0 Å². The van der Waals surface area contributed by atoms with Crippen LogP contribution in [0.5, 0.6) is 5.75 Å². The Hall–Kier alpha value is -1.57. The molecule has 1 fully saturated rings. The minimum atomic E-state index is -0.824. The lowest BCUT2D eigenvalue weighted by Crippen LogP contribution is -2.47. The molecule has 0 saturated carbocycles. The molecule has 0 spiro atoms. The van der Waals surface area contributed by atoms with Crippen molar-refractivity contribution in [3.8, 4) is 5.75 Å². The lowest BCUT2D eigenvalue weighted by molar-refractivity contribution is -0.386. The van der Waals surface area contributed by atoms with Crippen LogP contribution in [-0.4, -0.2) is 36.1 Å². The van der Waals surface area contributed by atoms with Crippen LogP contribution < -0.4 is 15.4 Å². The van der Waals surface area contributed by atoms with Gasteiger partial charge in [0.2, 0.25) is 0 Å². The first kappa shape index (κ1) is 19.5. The summed E-state index contributed by atoms with van der Waals surface area (Å²) in [5.74, 6) is -0.251. The van der Waals surface area contributed by atoms with E-state index in [0.717, 1.165) is 25.9 Å².